The van der Waals surface area contributed by atoms with Crippen LogP contribution < -0.4 is 5.32 Å². The van der Waals surface area contributed by atoms with Crippen molar-refractivity contribution in [3.05, 3.63) is 28.8 Å². The van der Waals surface area contributed by atoms with Crippen molar-refractivity contribution >= 4 is 35.0 Å². The van der Waals surface area contributed by atoms with E-state index in [1.807, 2.05) is 11.8 Å². The van der Waals surface area contributed by atoms with Crippen LogP contribution in [0.25, 0.3) is 0 Å². The lowest BCUT2D eigenvalue weighted by atomic mass is 10.2. The smallest absolute Gasteiger partial charge is 0.325 e. The first-order valence-corrected chi connectivity index (χ1v) is 11.1. The van der Waals surface area contributed by atoms with E-state index in [0.29, 0.717) is 11.3 Å². The Labute approximate surface area is 172 Å². The molecule has 156 valence electrons. The molecular weight excluding hydrogens is 411 g/mol. The van der Waals surface area contributed by atoms with Crippen LogP contribution in [0, 0.1) is 0 Å². The van der Waals surface area contributed by atoms with Crippen LogP contribution in [-0.2, 0) is 11.0 Å². The number of nitrogens with zero attached hydrogens (tertiary/aromatic N) is 2. The van der Waals surface area contributed by atoms with Gasteiger partial charge in [-0.1, -0.05) is 11.6 Å². The van der Waals surface area contributed by atoms with Gasteiger partial charge in [-0.3, -0.25) is 14.6 Å². The number of nitrogens with one attached hydrogen (secondary N) is 1. The van der Waals surface area contributed by atoms with Gasteiger partial charge in [-0.2, -0.15) is 24.9 Å². The maximum absolute atomic E-state index is 13.0. The summed E-state index contributed by atoms with van der Waals surface area (Å²) in [5.74, 6) is -0.308. The maximum atomic E-state index is 13.0. The summed E-state index contributed by atoms with van der Waals surface area (Å²) in [4.78, 5) is 17.3. The second-order valence-corrected chi connectivity index (χ2v) is 8.88. The quantitative estimate of drug-likeness (QED) is 0.752. The normalized spacial score (nSPS) is 25.2. The summed E-state index contributed by atoms with van der Waals surface area (Å²) in [7, 11) is 0. The van der Waals surface area contributed by atoms with E-state index < -0.39 is 17.8 Å². The van der Waals surface area contributed by atoms with E-state index in [0.717, 1.165) is 38.3 Å². The Hall–Kier alpha value is -0.960. The maximum Gasteiger partial charge on any atom is 0.417 e. The van der Waals surface area contributed by atoms with Gasteiger partial charge in [-0.05, 0) is 57.3 Å². The van der Waals surface area contributed by atoms with Gasteiger partial charge in [0.1, 0.15) is 0 Å². The molecule has 9 heteroatoms. The minimum atomic E-state index is -4.56. The first-order valence-electron chi connectivity index (χ1n) is 9.39. The van der Waals surface area contributed by atoms with Crippen molar-refractivity contribution in [1.29, 1.82) is 0 Å². The molecule has 3 rings (SSSR count). The number of benzene rings is 1. The van der Waals surface area contributed by atoms with Crippen LogP contribution in [0.5, 0.6) is 0 Å². The number of anilines is 1. The SMILES string of the molecule is CS[C@@H]1CN([C@H](C)C(=O)Nc2ccc(Cl)c(C(F)(F)F)c2)C[C@H]1N1CCCC1. The molecule has 28 heavy (non-hydrogen) atoms. The zero-order valence-corrected chi connectivity index (χ0v) is 17.5. The van der Waals surface area contributed by atoms with E-state index in [9.17, 15) is 18.0 Å². The predicted octanol–water partition coefficient (Wildman–Crippen LogP) is 4.20. The molecule has 3 atom stereocenters. The van der Waals surface area contributed by atoms with Crippen LogP contribution >= 0.6 is 23.4 Å². The lowest BCUT2D eigenvalue weighted by molar-refractivity contribution is -0.137. The highest BCUT2D eigenvalue weighted by Crippen LogP contribution is 2.36. The molecule has 4 nitrogen and oxygen atoms in total. The van der Waals surface area contributed by atoms with Crippen molar-refractivity contribution in [2.75, 3.05) is 37.8 Å². The molecule has 0 aromatic heterocycles. The fourth-order valence-corrected chi connectivity index (χ4v) is 5.13. The summed E-state index contributed by atoms with van der Waals surface area (Å²) in [6.07, 6.45) is -0.0429. The molecule has 1 N–H and O–H groups in total. The molecule has 1 aromatic rings. The number of amides is 1. The van der Waals surface area contributed by atoms with Crippen LogP contribution in [0.15, 0.2) is 18.2 Å². The van der Waals surface area contributed by atoms with Crippen molar-refractivity contribution in [1.82, 2.24) is 9.80 Å². The number of carbonyl (C=O) groups is 1. The minimum absolute atomic E-state index is 0.102. The molecule has 0 unspecified atom stereocenters. The molecule has 1 amide bonds. The van der Waals surface area contributed by atoms with E-state index >= 15 is 0 Å². The topological polar surface area (TPSA) is 35.6 Å². The third-order valence-corrected chi connectivity index (χ3v) is 7.04. The van der Waals surface area contributed by atoms with Crippen molar-refractivity contribution in [2.45, 2.75) is 43.3 Å². The van der Waals surface area contributed by atoms with Gasteiger partial charge in [-0.15, -0.1) is 0 Å². The number of alkyl halides is 3. The highest BCUT2D eigenvalue weighted by molar-refractivity contribution is 7.99. The standard InChI is InChI=1S/C19H25ClF3N3OS/c1-12(26-10-16(17(11-26)28-2)25-7-3-4-8-25)18(27)24-13-5-6-15(20)14(9-13)19(21,22)23/h5-6,9,12,16-17H,3-4,7-8,10-11H2,1-2H3,(H,24,27)/t12-,16-,17-/m1/s1. The molecule has 0 spiro atoms. The highest BCUT2D eigenvalue weighted by atomic mass is 35.5. The molecule has 0 saturated carbocycles. The first-order chi connectivity index (χ1) is 13.2. The largest absolute Gasteiger partial charge is 0.417 e. The molecule has 2 aliphatic rings. The molecule has 0 aliphatic carbocycles. The summed E-state index contributed by atoms with van der Waals surface area (Å²) in [6.45, 7) is 5.60. The number of hydrogen-bond acceptors (Lipinski definition) is 4. The molecule has 2 aliphatic heterocycles. The lowest BCUT2D eigenvalue weighted by Crippen LogP contribution is -2.43. The van der Waals surface area contributed by atoms with Gasteiger partial charge in [0.25, 0.3) is 0 Å². The molecule has 0 radical (unpaired) electrons. The Morgan fingerprint density at radius 2 is 1.96 bits per heavy atom. The van der Waals surface area contributed by atoms with Gasteiger partial charge < -0.3 is 5.32 Å². The van der Waals surface area contributed by atoms with Gasteiger partial charge in [0.2, 0.25) is 5.91 Å². The highest BCUT2D eigenvalue weighted by Gasteiger charge is 2.40. The van der Waals surface area contributed by atoms with Gasteiger partial charge in [0, 0.05) is 30.1 Å². The van der Waals surface area contributed by atoms with Crippen LogP contribution in [0.3, 0.4) is 0 Å². The van der Waals surface area contributed by atoms with Gasteiger partial charge in [0.05, 0.1) is 16.6 Å². The molecular formula is C19H25ClF3N3OS. The summed E-state index contributed by atoms with van der Waals surface area (Å²) < 4.78 is 39.1. The van der Waals surface area contributed by atoms with Crippen LogP contribution in [0.1, 0.15) is 25.3 Å². The summed E-state index contributed by atoms with van der Waals surface area (Å²) >= 11 is 7.46. The van der Waals surface area contributed by atoms with Crippen LogP contribution in [-0.4, -0.2) is 65.5 Å². The Kier molecular flexibility index (Phi) is 6.84. The van der Waals surface area contributed by atoms with Crippen molar-refractivity contribution in [3.63, 3.8) is 0 Å². The molecule has 2 saturated heterocycles. The minimum Gasteiger partial charge on any atom is -0.325 e. The van der Waals surface area contributed by atoms with Crippen molar-refractivity contribution < 1.29 is 18.0 Å². The summed E-state index contributed by atoms with van der Waals surface area (Å²) in [5.41, 5.74) is -0.845. The van der Waals surface area contributed by atoms with Gasteiger partial charge >= 0.3 is 6.18 Å². The Morgan fingerprint density at radius 3 is 2.57 bits per heavy atom. The summed E-state index contributed by atoms with van der Waals surface area (Å²) in [6, 6.07) is 3.43. The number of likely N-dealkylation sites (tertiary alicyclic amines) is 2. The van der Waals surface area contributed by atoms with Crippen molar-refractivity contribution in [3.8, 4) is 0 Å². The number of thioether (sulfide) groups is 1. The third kappa shape index (κ3) is 4.78. The fourth-order valence-electron chi connectivity index (χ4n) is 3.99. The Balaban J connectivity index is 1.66. The second-order valence-electron chi connectivity index (χ2n) is 7.40. The molecule has 2 heterocycles. The average molecular weight is 436 g/mol. The Morgan fingerprint density at radius 1 is 1.29 bits per heavy atom. The van der Waals surface area contributed by atoms with Crippen LogP contribution in [0.4, 0.5) is 18.9 Å². The molecule has 1 aromatic carbocycles. The monoisotopic (exact) mass is 435 g/mol. The van der Waals surface area contributed by atoms with E-state index in [1.165, 1.54) is 18.9 Å². The van der Waals surface area contributed by atoms with E-state index in [1.54, 1.807) is 6.92 Å². The number of rotatable bonds is 5. The second kappa shape index (κ2) is 8.81. The number of carbonyl (C=O) groups excluding carboxylic acids is 1. The van der Waals surface area contributed by atoms with Gasteiger partial charge in [0.15, 0.2) is 0 Å². The number of hydrogen-bond donors (Lipinski definition) is 1. The van der Waals surface area contributed by atoms with Gasteiger partial charge in [-0.25, -0.2) is 0 Å². The zero-order chi connectivity index (χ0) is 20.5. The lowest BCUT2D eigenvalue weighted by Gasteiger charge is -2.28. The average Bonchev–Trinajstić information content (AvgIpc) is 3.30. The molecule has 0 bridgehead atoms. The van der Waals surface area contributed by atoms with E-state index in [4.69, 9.17) is 11.6 Å². The van der Waals surface area contributed by atoms with E-state index in [2.05, 4.69) is 21.4 Å². The first kappa shape index (κ1) is 21.7. The van der Waals surface area contributed by atoms with Crippen molar-refractivity contribution in [2.24, 2.45) is 0 Å². The third-order valence-electron chi connectivity index (χ3n) is 5.64. The zero-order valence-electron chi connectivity index (χ0n) is 15.9. The Bertz CT molecular complexity index is 712. The summed E-state index contributed by atoms with van der Waals surface area (Å²) in [5, 5.41) is 2.67. The van der Waals surface area contributed by atoms with Crippen LogP contribution in [0.2, 0.25) is 5.02 Å². The predicted molar refractivity (Wildman–Crippen MR) is 108 cm³/mol. The molecule has 2 fully saturated rings. The van der Waals surface area contributed by atoms with E-state index in [-0.39, 0.29) is 16.6 Å². The number of halogens is 4. The fraction of sp³-hybridized carbons (Fsp3) is 0.632.